The number of para-hydroxylation sites is 1. The number of hydrogen-bond donors (Lipinski definition) is 1. The van der Waals surface area contributed by atoms with Gasteiger partial charge in [0.25, 0.3) is 0 Å². The van der Waals surface area contributed by atoms with E-state index in [4.69, 9.17) is 17.3 Å². The molecule has 4 heteroatoms. The van der Waals surface area contributed by atoms with Crippen molar-refractivity contribution in [2.24, 2.45) is 0 Å². The molecule has 0 bridgehead atoms. The highest BCUT2D eigenvalue weighted by atomic mass is 79.9. The van der Waals surface area contributed by atoms with Gasteiger partial charge in [0.2, 0.25) is 0 Å². The van der Waals surface area contributed by atoms with E-state index in [-0.39, 0.29) is 0 Å². The number of pyridine rings is 1. The van der Waals surface area contributed by atoms with Crippen LogP contribution in [-0.2, 0) is 0 Å². The van der Waals surface area contributed by atoms with Crippen LogP contribution in [0.4, 0.5) is 5.69 Å². The Labute approximate surface area is 88.8 Å². The number of hydrogen-bond acceptors (Lipinski definition) is 2. The van der Waals surface area contributed by atoms with Crippen molar-refractivity contribution in [3.05, 3.63) is 33.9 Å². The Balaban J connectivity index is 2.94. The van der Waals surface area contributed by atoms with Gasteiger partial charge in [-0.25, -0.2) is 0 Å². The van der Waals surface area contributed by atoms with Crippen LogP contribution in [-0.4, -0.2) is 4.98 Å². The SMILES string of the molecule is Nc1c(Cl)cnc2c(Br)cccc12. The van der Waals surface area contributed by atoms with Gasteiger partial charge in [-0.1, -0.05) is 23.7 Å². The van der Waals surface area contributed by atoms with Gasteiger partial charge in [0.15, 0.2) is 0 Å². The molecule has 0 saturated heterocycles. The number of halogens is 2. The number of benzene rings is 1. The Morgan fingerprint density at radius 3 is 2.92 bits per heavy atom. The van der Waals surface area contributed by atoms with Crippen LogP contribution in [0.1, 0.15) is 0 Å². The number of rotatable bonds is 0. The van der Waals surface area contributed by atoms with Gasteiger partial charge in [0.05, 0.1) is 16.2 Å². The minimum atomic E-state index is 0.491. The fraction of sp³-hybridized carbons (Fsp3) is 0. The maximum absolute atomic E-state index is 5.84. The largest absolute Gasteiger partial charge is 0.397 e. The first-order chi connectivity index (χ1) is 6.20. The van der Waals surface area contributed by atoms with Crippen LogP contribution in [0.2, 0.25) is 5.02 Å². The molecule has 0 amide bonds. The van der Waals surface area contributed by atoms with E-state index in [1.165, 1.54) is 0 Å². The zero-order chi connectivity index (χ0) is 9.42. The number of aromatic nitrogens is 1. The third-order valence-electron chi connectivity index (χ3n) is 1.84. The lowest BCUT2D eigenvalue weighted by atomic mass is 10.2. The molecule has 0 radical (unpaired) electrons. The molecule has 0 aliphatic heterocycles. The summed E-state index contributed by atoms with van der Waals surface area (Å²) in [6.07, 6.45) is 1.56. The number of anilines is 1. The highest BCUT2D eigenvalue weighted by molar-refractivity contribution is 9.10. The first-order valence-corrected chi connectivity index (χ1v) is 4.85. The van der Waals surface area contributed by atoms with Gasteiger partial charge in [-0.2, -0.15) is 0 Å². The Bertz CT molecular complexity index is 470. The number of nitrogens with zero attached hydrogens (tertiary/aromatic N) is 1. The molecule has 2 aromatic rings. The zero-order valence-corrected chi connectivity index (χ0v) is 8.93. The van der Waals surface area contributed by atoms with E-state index < -0.39 is 0 Å². The molecule has 2 N–H and O–H groups in total. The minimum Gasteiger partial charge on any atom is -0.397 e. The van der Waals surface area contributed by atoms with Crippen molar-refractivity contribution >= 4 is 44.1 Å². The summed E-state index contributed by atoms with van der Waals surface area (Å²) in [5.74, 6) is 0. The van der Waals surface area contributed by atoms with Crippen LogP contribution in [0.5, 0.6) is 0 Å². The molecule has 0 spiro atoms. The summed E-state index contributed by atoms with van der Waals surface area (Å²) in [6.45, 7) is 0. The number of nitrogens with two attached hydrogens (primary N) is 1. The Morgan fingerprint density at radius 1 is 1.38 bits per heavy atom. The van der Waals surface area contributed by atoms with E-state index in [9.17, 15) is 0 Å². The van der Waals surface area contributed by atoms with Gasteiger partial charge < -0.3 is 5.73 Å². The first-order valence-electron chi connectivity index (χ1n) is 3.68. The zero-order valence-electron chi connectivity index (χ0n) is 6.59. The van der Waals surface area contributed by atoms with Crippen molar-refractivity contribution in [1.82, 2.24) is 4.98 Å². The highest BCUT2D eigenvalue weighted by Gasteiger charge is 2.05. The molecule has 0 fully saturated rings. The number of fused-ring (bicyclic) bond motifs is 1. The second kappa shape index (κ2) is 3.16. The average molecular weight is 258 g/mol. The van der Waals surface area contributed by atoms with Crippen molar-refractivity contribution in [2.75, 3.05) is 5.73 Å². The predicted octanol–water partition coefficient (Wildman–Crippen LogP) is 3.23. The second-order valence-electron chi connectivity index (χ2n) is 2.66. The van der Waals surface area contributed by atoms with Gasteiger partial charge in [-0.15, -0.1) is 0 Å². The van der Waals surface area contributed by atoms with Crippen molar-refractivity contribution in [2.45, 2.75) is 0 Å². The van der Waals surface area contributed by atoms with Crippen LogP contribution in [0.3, 0.4) is 0 Å². The van der Waals surface area contributed by atoms with Gasteiger partial charge >= 0.3 is 0 Å². The van der Waals surface area contributed by atoms with Crippen LogP contribution in [0.25, 0.3) is 10.9 Å². The summed E-state index contributed by atoms with van der Waals surface area (Å²) >= 11 is 9.23. The fourth-order valence-corrected chi connectivity index (χ4v) is 1.80. The smallest absolute Gasteiger partial charge is 0.0865 e. The molecule has 1 aromatic heterocycles. The summed E-state index contributed by atoms with van der Waals surface area (Å²) in [5, 5.41) is 1.37. The molecule has 2 nitrogen and oxygen atoms in total. The van der Waals surface area contributed by atoms with Crippen LogP contribution >= 0.6 is 27.5 Å². The van der Waals surface area contributed by atoms with E-state index in [1.807, 2.05) is 18.2 Å². The molecule has 1 heterocycles. The molecule has 0 aliphatic carbocycles. The first kappa shape index (κ1) is 8.78. The van der Waals surface area contributed by atoms with E-state index in [0.29, 0.717) is 10.7 Å². The summed E-state index contributed by atoms with van der Waals surface area (Å²) in [6, 6.07) is 5.72. The summed E-state index contributed by atoms with van der Waals surface area (Å²) in [5.41, 5.74) is 7.21. The van der Waals surface area contributed by atoms with Gasteiger partial charge in [-0.3, -0.25) is 4.98 Å². The van der Waals surface area contributed by atoms with E-state index in [0.717, 1.165) is 15.4 Å². The molecule has 0 unspecified atom stereocenters. The maximum Gasteiger partial charge on any atom is 0.0865 e. The highest BCUT2D eigenvalue weighted by Crippen LogP contribution is 2.30. The molecule has 0 saturated carbocycles. The quantitative estimate of drug-likeness (QED) is 0.787. The Morgan fingerprint density at radius 2 is 2.15 bits per heavy atom. The Kier molecular flexibility index (Phi) is 2.14. The monoisotopic (exact) mass is 256 g/mol. The van der Waals surface area contributed by atoms with Crippen LogP contribution in [0, 0.1) is 0 Å². The lowest BCUT2D eigenvalue weighted by Crippen LogP contribution is -1.90. The third-order valence-corrected chi connectivity index (χ3v) is 2.78. The van der Waals surface area contributed by atoms with Crippen LogP contribution in [0.15, 0.2) is 28.9 Å². The molecule has 1 aromatic carbocycles. The van der Waals surface area contributed by atoms with Gasteiger partial charge in [-0.05, 0) is 22.0 Å². The summed E-state index contributed by atoms with van der Waals surface area (Å²) in [7, 11) is 0. The molecule has 0 aliphatic rings. The molecule has 2 rings (SSSR count). The normalized spacial score (nSPS) is 10.6. The van der Waals surface area contributed by atoms with Crippen molar-refractivity contribution in [3.8, 4) is 0 Å². The lowest BCUT2D eigenvalue weighted by Gasteiger charge is -2.03. The average Bonchev–Trinajstić information content (AvgIpc) is 2.12. The van der Waals surface area contributed by atoms with E-state index >= 15 is 0 Å². The van der Waals surface area contributed by atoms with Gasteiger partial charge in [0, 0.05) is 16.1 Å². The predicted molar refractivity (Wildman–Crippen MR) is 58.9 cm³/mol. The lowest BCUT2D eigenvalue weighted by molar-refractivity contribution is 1.40. The fourth-order valence-electron chi connectivity index (χ4n) is 1.18. The van der Waals surface area contributed by atoms with Gasteiger partial charge in [0.1, 0.15) is 0 Å². The Hall–Kier alpha value is -0.800. The third kappa shape index (κ3) is 1.38. The molecule has 13 heavy (non-hydrogen) atoms. The van der Waals surface area contributed by atoms with E-state index in [2.05, 4.69) is 20.9 Å². The summed E-state index contributed by atoms with van der Waals surface area (Å²) < 4.78 is 0.924. The van der Waals surface area contributed by atoms with E-state index in [1.54, 1.807) is 6.20 Å². The van der Waals surface area contributed by atoms with Crippen molar-refractivity contribution < 1.29 is 0 Å². The molecular formula is C9H6BrClN2. The van der Waals surface area contributed by atoms with Crippen molar-refractivity contribution in [3.63, 3.8) is 0 Å². The van der Waals surface area contributed by atoms with Crippen LogP contribution < -0.4 is 5.73 Å². The molecular weight excluding hydrogens is 251 g/mol. The maximum atomic E-state index is 5.84. The standard InChI is InChI=1S/C9H6BrClN2/c10-6-3-1-2-5-8(12)7(11)4-13-9(5)6/h1-4H,(H2,12,13). The molecule has 66 valence electrons. The minimum absolute atomic E-state index is 0.491. The molecule has 0 atom stereocenters. The topological polar surface area (TPSA) is 38.9 Å². The second-order valence-corrected chi connectivity index (χ2v) is 3.92. The summed E-state index contributed by atoms with van der Waals surface area (Å²) in [4.78, 5) is 4.18. The number of nitrogen functional groups attached to an aromatic ring is 1. The van der Waals surface area contributed by atoms with Crippen molar-refractivity contribution in [1.29, 1.82) is 0 Å².